The molecule has 0 spiro atoms. The van der Waals surface area contributed by atoms with Gasteiger partial charge in [0.25, 0.3) is 0 Å². The Hall–Kier alpha value is -0.920. The van der Waals surface area contributed by atoms with Crippen LogP contribution in [0.2, 0.25) is 0 Å². The molecule has 0 saturated carbocycles. The van der Waals surface area contributed by atoms with E-state index in [-0.39, 0.29) is 6.04 Å². The second-order valence-corrected chi connectivity index (χ2v) is 4.47. The molecule has 0 radical (unpaired) electrons. The van der Waals surface area contributed by atoms with Crippen LogP contribution >= 0.6 is 22.6 Å². The number of aromatic nitrogens is 2. The van der Waals surface area contributed by atoms with Crippen molar-refractivity contribution in [1.29, 1.82) is 0 Å². The Bertz CT molecular complexity index is 397. The molecule has 5 nitrogen and oxygen atoms in total. The van der Waals surface area contributed by atoms with E-state index in [0.29, 0.717) is 6.42 Å². The van der Waals surface area contributed by atoms with Gasteiger partial charge >= 0.3 is 6.09 Å². The van der Waals surface area contributed by atoms with Crippen LogP contribution in [0.3, 0.4) is 0 Å². The van der Waals surface area contributed by atoms with Gasteiger partial charge in [0, 0.05) is 40.5 Å². The topological polar surface area (TPSA) is 75.1 Å². The number of nitrogens with zero attached hydrogens (tertiary/aromatic N) is 2. The van der Waals surface area contributed by atoms with E-state index in [1.165, 1.54) is 0 Å². The van der Waals surface area contributed by atoms with Gasteiger partial charge in [0.2, 0.25) is 0 Å². The summed E-state index contributed by atoms with van der Waals surface area (Å²) in [5, 5.41) is 11.1. The Morgan fingerprint density at radius 3 is 3.20 bits per heavy atom. The average molecular weight is 319 g/mol. The molecular weight excluding hydrogens is 309 g/mol. The molecule has 1 atom stereocenters. The Balaban J connectivity index is 2.13. The van der Waals surface area contributed by atoms with Crippen LogP contribution in [-0.2, 0) is 12.8 Å². The van der Waals surface area contributed by atoms with Crippen LogP contribution in [0.25, 0.3) is 0 Å². The monoisotopic (exact) mass is 319 g/mol. The molecule has 2 rings (SSSR count). The fourth-order valence-electron chi connectivity index (χ4n) is 1.78. The predicted molar refractivity (Wildman–Crippen MR) is 61.7 cm³/mol. The molecule has 1 aliphatic rings. The molecule has 2 N–H and O–H groups in total. The minimum Gasteiger partial charge on any atom is -0.465 e. The summed E-state index contributed by atoms with van der Waals surface area (Å²) in [6, 6.07) is -0.00124. The van der Waals surface area contributed by atoms with E-state index in [4.69, 9.17) is 5.11 Å². The van der Waals surface area contributed by atoms with Crippen molar-refractivity contribution in [1.82, 2.24) is 15.3 Å². The van der Waals surface area contributed by atoms with Gasteiger partial charge in [-0.05, 0) is 24.8 Å². The molecule has 80 valence electrons. The van der Waals surface area contributed by atoms with E-state index in [1.54, 1.807) is 6.20 Å². The number of aryl methyl sites for hydroxylation is 1. The minimum atomic E-state index is -0.963. The van der Waals surface area contributed by atoms with Crippen LogP contribution in [0.5, 0.6) is 0 Å². The second-order valence-electron chi connectivity index (χ2n) is 3.50. The summed E-state index contributed by atoms with van der Waals surface area (Å²) in [6.07, 6.45) is 3.15. The Kier molecular flexibility index (Phi) is 3.03. The van der Waals surface area contributed by atoms with Crippen molar-refractivity contribution in [3.05, 3.63) is 21.3 Å². The lowest BCUT2D eigenvalue weighted by Crippen LogP contribution is -2.38. The smallest absolute Gasteiger partial charge is 0.404 e. The van der Waals surface area contributed by atoms with Crippen molar-refractivity contribution < 1.29 is 9.90 Å². The van der Waals surface area contributed by atoms with Crippen LogP contribution in [0, 0.1) is 3.83 Å². The lowest BCUT2D eigenvalue weighted by Gasteiger charge is -2.23. The van der Waals surface area contributed by atoms with Gasteiger partial charge in [-0.3, -0.25) is 0 Å². The average Bonchev–Trinajstić information content (AvgIpc) is 2.17. The maximum absolute atomic E-state index is 10.5. The van der Waals surface area contributed by atoms with Gasteiger partial charge in [0.1, 0.15) is 0 Å². The first-order valence-corrected chi connectivity index (χ1v) is 5.73. The highest BCUT2D eigenvalue weighted by Gasteiger charge is 2.21. The molecule has 1 amide bonds. The first-order valence-electron chi connectivity index (χ1n) is 4.65. The summed E-state index contributed by atoms with van der Waals surface area (Å²) in [7, 11) is 0. The van der Waals surface area contributed by atoms with Crippen LogP contribution in [0.15, 0.2) is 6.20 Å². The van der Waals surface area contributed by atoms with Gasteiger partial charge in [-0.25, -0.2) is 14.8 Å². The first-order chi connectivity index (χ1) is 7.15. The largest absolute Gasteiger partial charge is 0.465 e. The van der Waals surface area contributed by atoms with E-state index in [0.717, 1.165) is 27.9 Å². The first kappa shape index (κ1) is 10.6. The molecule has 1 aliphatic carbocycles. The highest BCUT2D eigenvalue weighted by atomic mass is 127. The van der Waals surface area contributed by atoms with E-state index in [2.05, 4.69) is 37.9 Å². The maximum atomic E-state index is 10.5. The van der Waals surface area contributed by atoms with E-state index >= 15 is 0 Å². The van der Waals surface area contributed by atoms with Crippen LogP contribution in [-0.4, -0.2) is 27.2 Å². The molecule has 0 saturated heterocycles. The maximum Gasteiger partial charge on any atom is 0.404 e. The molecule has 0 fully saturated rings. The van der Waals surface area contributed by atoms with Gasteiger partial charge in [-0.1, -0.05) is 0 Å². The summed E-state index contributed by atoms with van der Waals surface area (Å²) in [6.45, 7) is 0. The van der Waals surface area contributed by atoms with E-state index < -0.39 is 6.09 Å². The van der Waals surface area contributed by atoms with Crippen LogP contribution in [0.4, 0.5) is 4.79 Å². The van der Waals surface area contributed by atoms with Gasteiger partial charge in [0.15, 0.2) is 3.83 Å². The molecule has 0 aliphatic heterocycles. The molecule has 1 aromatic heterocycles. The number of carboxylic acid groups (broad SMARTS) is 1. The number of hydrogen-bond donors (Lipinski definition) is 2. The third-order valence-corrected chi connectivity index (χ3v) is 2.97. The fourth-order valence-corrected chi connectivity index (χ4v) is 2.21. The highest BCUT2D eigenvalue weighted by molar-refractivity contribution is 14.1. The van der Waals surface area contributed by atoms with E-state index in [1.807, 2.05) is 0 Å². The van der Waals surface area contributed by atoms with Crippen LogP contribution < -0.4 is 5.32 Å². The van der Waals surface area contributed by atoms with Gasteiger partial charge in [0.05, 0.1) is 0 Å². The molecule has 15 heavy (non-hydrogen) atoms. The van der Waals surface area contributed by atoms with Crippen molar-refractivity contribution in [3.8, 4) is 0 Å². The normalized spacial score (nSPS) is 19.4. The SMILES string of the molecule is O=C(O)NC1CCc2nc(I)ncc2C1. The zero-order valence-electron chi connectivity index (χ0n) is 7.90. The molecule has 1 unspecified atom stereocenters. The van der Waals surface area contributed by atoms with Gasteiger partial charge in [-0.15, -0.1) is 0 Å². The van der Waals surface area contributed by atoms with Gasteiger partial charge < -0.3 is 10.4 Å². The zero-order chi connectivity index (χ0) is 10.8. The third kappa shape index (κ3) is 2.55. The number of amides is 1. The summed E-state index contributed by atoms with van der Waals surface area (Å²) in [5.41, 5.74) is 2.11. The quantitative estimate of drug-likeness (QED) is 0.603. The summed E-state index contributed by atoms with van der Waals surface area (Å²) >= 11 is 2.08. The summed E-state index contributed by atoms with van der Waals surface area (Å²) in [4.78, 5) is 18.9. The number of nitrogens with one attached hydrogen (secondary N) is 1. The molecular formula is C9H10IN3O2. The van der Waals surface area contributed by atoms with E-state index in [9.17, 15) is 4.79 Å². The molecule has 1 aromatic rings. The minimum absolute atomic E-state index is 0.00124. The van der Waals surface area contributed by atoms with Crippen molar-refractivity contribution in [2.75, 3.05) is 0 Å². The Labute approximate surface area is 100 Å². The second kappa shape index (κ2) is 4.30. The number of rotatable bonds is 1. The number of fused-ring (bicyclic) bond motifs is 1. The molecule has 1 heterocycles. The molecule has 0 bridgehead atoms. The Morgan fingerprint density at radius 1 is 1.67 bits per heavy atom. The van der Waals surface area contributed by atoms with Crippen molar-refractivity contribution in [2.45, 2.75) is 25.3 Å². The Morgan fingerprint density at radius 2 is 2.47 bits per heavy atom. The molecule has 0 aromatic carbocycles. The van der Waals surface area contributed by atoms with Crippen LogP contribution in [0.1, 0.15) is 17.7 Å². The summed E-state index contributed by atoms with van der Waals surface area (Å²) < 4.78 is 0.746. The van der Waals surface area contributed by atoms with Gasteiger partial charge in [-0.2, -0.15) is 0 Å². The van der Waals surface area contributed by atoms with Crippen molar-refractivity contribution >= 4 is 28.7 Å². The zero-order valence-corrected chi connectivity index (χ0v) is 10.1. The number of hydrogen-bond acceptors (Lipinski definition) is 3. The number of halogens is 1. The fraction of sp³-hybridized carbons (Fsp3) is 0.444. The van der Waals surface area contributed by atoms with Crippen molar-refractivity contribution in [3.63, 3.8) is 0 Å². The lowest BCUT2D eigenvalue weighted by atomic mass is 9.93. The highest BCUT2D eigenvalue weighted by Crippen LogP contribution is 2.19. The predicted octanol–water partition coefficient (Wildman–Crippen LogP) is 1.21. The summed E-state index contributed by atoms with van der Waals surface area (Å²) in [5.74, 6) is 0. The standard InChI is InChI=1S/C9H10IN3O2/c10-8-11-4-5-3-6(12-9(14)15)1-2-7(5)13-8/h4,6,12H,1-3H2,(H,14,15). The van der Waals surface area contributed by atoms with Crippen molar-refractivity contribution in [2.24, 2.45) is 0 Å². The molecule has 6 heteroatoms. The third-order valence-electron chi connectivity index (χ3n) is 2.45. The lowest BCUT2D eigenvalue weighted by molar-refractivity contribution is 0.188. The number of carbonyl (C=O) groups is 1.